The monoisotopic (exact) mass is 287 g/mol. The molecule has 1 amide bonds. The van der Waals surface area contributed by atoms with Crippen LogP contribution in [0.3, 0.4) is 0 Å². The molecule has 0 rings (SSSR count). The third-order valence-corrected chi connectivity index (χ3v) is 3.43. The second kappa shape index (κ2) is 9.22. The Morgan fingerprint density at radius 1 is 1.10 bits per heavy atom. The lowest BCUT2D eigenvalue weighted by molar-refractivity contribution is 0.0441. The summed E-state index contributed by atoms with van der Waals surface area (Å²) >= 11 is 0. The molecule has 0 aromatic rings. The number of aliphatic hydroxyl groups is 1. The standard InChI is InChI=1S/C16H33NO3/c1-6-8-9-11-16(13-18,10-7-2)12-17-14(19)20-15(3,4)5/h18H,6-13H2,1-5H3,(H,17,19). The molecule has 0 aliphatic carbocycles. The highest BCUT2D eigenvalue weighted by atomic mass is 16.6. The maximum Gasteiger partial charge on any atom is 0.407 e. The van der Waals surface area contributed by atoms with Crippen LogP contribution in [0.25, 0.3) is 0 Å². The Kier molecular flexibility index (Phi) is 8.86. The average Bonchev–Trinajstić information content (AvgIpc) is 2.34. The summed E-state index contributed by atoms with van der Waals surface area (Å²) in [5, 5.41) is 12.6. The minimum absolute atomic E-state index is 0.111. The van der Waals surface area contributed by atoms with Crippen molar-refractivity contribution in [2.75, 3.05) is 13.2 Å². The average molecular weight is 287 g/mol. The first-order valence-corrected chi connectivity index (χ1v) is 7.86. The van der Waals surface area contributed by atoms with Gasteiger partial charge in [-0.25, -0.2) is 4.79 Å². The van der Waals surface area contributed by atoms with Gasteiger partial charge in [0.15, 0.2) is 0 Å². The van der Waals surface area contributed by atoms with Crippen molar-refractivity contribution in [2.24, 2.45) is 5.41 Å². The Labute approximate surface area is 124 Å². The van der Waals surface area contributed by atoms with Gasteiger partial charge in [-0.05, 0) is 33.6 Å². The van der Waals surface area contributed by atoms with Gasteiger partial charge in [-0.1, -0.05) is 39.5 Å². The van der Waals surface area contributed by atoms with Crippen LogP contribution in [0.15, 0.2) is 0 Å². The van der Waals surface area contributed by atoms with Crippen molar-refractivity contribution in [1.29, 1.82) is 0 Å². The first-order chi connectivity index (χ1) is 9.28. The fraction of sp³-hybridized carbons (Fsp3) is 0.938. The summed E-state index contributed by atoms with van der Waals surface area (Å²) < 4.78 is 5.25. The molecule has 0 fully saturated rings. The molecule has 20 heavy (non-hydrogen) atoms. The highest BCUT2D eigenvalue weighted by molar-refractivity contribution is 5.67. The molecule has 0 radical (unpaired) electrons. The van der Waals surface area contributed by atoms with E-state index in [4.69, 9.17) is 4.74 Å². The molecule has 0 aromatic carbocycles. The first kappa shape index (κ1) is 19.2. The molecule has 4 heteroatoms. The van der Waals surface area contributed by atoms with Gasteiger partial charge in [0, 0.05) is 12.0 Å². The third-order valence-electron chi connectivity index (χ3n) is 3.43. The molecule has 0 aromatic heterocycles. The number of amides is 1. The lowest BCUT2D eigenvalue weighted by Gasteiger charge is -2.32. The number of hydrogen-bond donors (Lipinski definition) is 2. The molecule has 0 aliphatic rings. The van der Waals surface area contributed by atoms with E-state index in [2.05, 4.69) is 19.2 Å². The van der Waals surface area contributed by atoms with Gasteiger partial charge in [0.25, 0.3) is 0 Å². The second-order valence-corrected chi connectivity index (χ2v) is 6.72. The molecule has 4 nitrogen and oxygen atoms in total. The summed E-state index contributed by atoms with van der Waals surface area (Å²) in [5.41, 5.74) is -0.695. The molecule has 0 saturated carbocycles. The van der Waals surface area contributed by atoms with Crippen LogP contribution in [-0.2, 0) is 4.74 Å². The summed E-state index contributed by atoms with van der Waals surface area (Å²) in [7, 11) is 0. The SMILES string of the molecule is CCCCCC(CO)(CCC)CNC(=O)OC(C)(C)C. The largest absolute Gasteiger partial charge is 0.444 e. The van der Waals surface area contributed by atoms with Gasteiger partial charge < -0.3 is 15.2 Å². The van der Waals surface area contributed by atoms with E-state index in [1.807, 2.05) is 20.8 Å². The molecule has 0 saturated heterocycles. The minimum Gasteiger partial charge on any atom is -0.444 e. The summed E-state index contributed by atoms with van der Waals surface area (Å²) in [6.07, 6.45) is 5.88. The topological polar surface area (TPSA) is 58.6 Å². The molecule has 2 N–H and O–H groups in total. The number of ether oxygens (including phenoxy) is 1. The number of hydrogen-bond acceptors (Lipinski definition) is 3. The van der Waals surface area contributed by atoms with Crippen LogP contribution in [0.4, 0.5) is 4.79 Å². The summed E-state index contributed by atoms with van der Waals surface area (Å²) in [6.45, 7) is 10.4. The zero-order valence-corrected chi connectivity index (χ0v) is 13.9. The molecule has 1 unspecified atom stereocenters. The summed E-state index contributed by atoms with van der Waals surface area (Å²) in [6, 6.07) is 0. The van der Waals surface area contributed by atoms with Crippen molar-refractivity contribution in [3.63, 3.8) is 0 Å². The highest BCUT2D eigenvalue weighted by Gasteiger charge is 2.29. The molecule has 0 spiro atoms. The number of carbonyl (C=O) groups excluding carboxylic acids is 1. The summed E-state index contributed by atoms with van der Waals surface area (Å²) in [5.74, 6) is 0. The van der Waals surface area contributed by atoms with E-state index in [0.29, 0.717) is 6.54 Å². The highest BCUT2D eigenvalue weighted by Crippen LogP contribution is 2.29. The van der Waals surface area contributed by atoms with Gasteiger partial charge in [-0.3, -0.25) is 0 Å². The normalized spacial score (nSPS) is 14.7. The van der Waals surface area contributed by atoms with E-state index in [9.17, 15) is 9.90 Å². The van der Waals surface area contributed by atoms with Crippen LogP contribution >= 0.6 is 0 Å². The fourth-order valence-electron chi connectivity index (χ4n) is 2.37. The van der Waals surface area contributed by atoms with Crippen molar-refractivity contribution in [3.8, 4) is 0 Å². The second-order valence-electron chi connectivity index (χ2n) is 6.72. The van der Waals surface area contributed by atoms with Gasteiger partial charge in [0.1, 0.15) is 5.60 Å². The zero-order valence-electron chi connectivity index (χ0n) is 13.9. The van der Waals surface area contributed by atoms with Crippen LogP contribution in [0, 0.1) is 5.41 Å². The smallest absolute Gasteiger partial charge is 0.407 e. The van der Waals surface area contributed by atoms with Crippen LogP contribution in [0.2, 0.25) is 0 Å². The molecule has 0 bridgehead atoms. The van der Waals surface area contributed by atoms with Crippen molar-refractivity contribution in [2.45, 2.75) is 78.7 Å². The third kappa shape index (κ3) is 8.41. The minimum atomic E-state index is -0.487. The van der Waals surface area contributed by atoms with Gasteiger partial charge in [-0.2, -0.15) is 0 Å². The first-order valence-electron chi connectivity index (χ1n) is 7.86. The fourth-order valence-corrected chi connectivity index (χ4v) is 2.37. The van der Waals surface area contributed by atoms with Crippen molar-refractivity contribution in [1.82, 2.24) is 5.32 Å². The zero-order chi connectivity index (χ0) is 15.6. The van der Waals surface area contributed by atoms with E-state index in [1.54, 1.807) is 0 Å². The molecule has 1 atom stereocenters. The van der Waals surface area contributed by atoms with E-state index in [-0.39, 0.29) is 12.0 Å². The Morgan fingerprint density at radius 2 is 1.75 bits per heavy atom. The lowest BCUT2D eigenvalue weighted by atomic mass is 9.79. The van der Waals surface area contributed by atoms with Crippen LogP contribution in [0.1, 0.15) is 73.1 Å². The Hall–Kier alpha value is -0.770. The predicted molar refractivity (Wildman–Crippen MR) is 82.8 cm³/mol. The number of carbonyl (C=O) groups is 1. The van der Waals surface area contributed by atoms with E-state index >= 15 is 0 Å². The van der Waals surface area contributed by atoms with Gasteiger partial charge in [0.05, 0.1) is 6.61 Å². The van der Waals surface area contributed by atoms with Crippen LogP contribution in [-0.4, -0.2) is 30.0 Å². The Balaban J connectivity index is 4.44. The van der Waals surface area contributed by atoms with Crippen molar-refractivity contribution < 1.29 is 14.6 Å². The molecule has 120 valence electrons. The number of rotatable bonds is 9. The number of nitrogens with one attached hydrogen (secondary N) is 1. The molecular formula is C16H33NO3. The number of aliphatic hydroxyl groups excluding tert-OH is 1. The Bertz CT molecular complexity index is 273. The molecule has 0 aliphatic heterocycles. The maximum atomic E-state index is 11.7. The number of alkyl carbamates (subject to hydrolysis) is 1. The predicted octanol–water partition coefficient (Wildman–Crippen LogP) is 3.87. The molecular weight excluding hydrogens is 254 g/mol. The Morgan fingerprint density at radius 3 is 2.20 bits per heavy atom. The van der Waals surface area contributed by atoms with Gasteiger partial charge in [0.2, 0.25) is 0 Å². The number of unbranched alkanes of at least 4 members (excludes halogenated alkanes) is 2. The van der Waals surface area contributed by atoms with Crippen molar-refractivity contribution >= 4 is 6.09 Å². The lowest BCUT2D eigenvalue weighted by Crippen LogP contribution is -2.42. The van der Waals surface area contributed by atoms with Gasteiger partial charge >= 0.3 is 6.09 Å². The van der Waals surface area contributed by atoms with E-state index < -0.39 is 11.7 Å². The van der Waals surface area contributed by atoms with Crippen LogP contribution in [0.5, 0.6) is 0 Å². The quantitative estimate of drug-likeness (QED) is 0.633. The summed E-state index contributed by atoms with van der Waals surface area (Å²) in [4.78, 5) is 11.7. The van der Waals surface area contributed by atoms with Gasteiger partial charge in [-0.15, -0.1) is 0 Å². The molecule has 0 heterocycles. The van der Waals surface area contributed by atoms with E-state index in [1.165, 1.54) is 0 Å². The van der Waals surface area contributed by atoms with Crippen LogP contribution < -0.4 is 5.32 Å². The van der Waals surface area contributed by atoms with E-state index in [0.717, 1.165) is 38.5 Å². The maximum absolute atomic E-state index is 11.7. The van der Waals surface area contributed by atoms with Crippen molar-refractivity contribution in [3.05, 3.63) is 0 Å².